The van der Waals surface area contributed by atoms with Crippen LogP contribution < -0.4 is 0 Å². The van der Waals surface area contributed by atoms with Crippen molar-refractivity contribution < 1.29 is 13.2 Å². The Balaban J connectivity index is 1.43. The topological polar surface area (TPSA) is 0 Å². The Morgan fingerprint density at radius 1 is 0.588 bits per heavy atom. The highest BCUT2D eigenvalue weighted by atomic mass is 19.1. The highest BCUT2D eigenvalue weighted by molar-refractivity contribution is 5.84. The first-order valence-electron chi connectivity index (χ1n) is 11.8. The summed E-state index contributed by atoms with van der Waals surface area (Å²) < 4.78 is 42.6. The molecule has 0 aliphatic heterocycles. The second-order valence-corrected chi connectivity index (χ2v) is 8.66. The number of halogens is 3. The SMILES string of the molecule is CCCCCc1ccc(CCc2cc(F)c(C#Cc3ccc4cc(F)ccc4c3)c(F)c2)cc1. The van der Waals surface area contributed by atoms with E-state index in [4.69, 9.17) is 0 Å². The first-order chi connectivity index (χ1) is 16.5. The summed E-state index contributed by atoms with van der Waals surface area (Å²) in [7, 11) is 0. The summed E-state index contributed by atoms with van der Waals surface area (Å²) in [5, 5.41) is 1.57. The van der Waals surface area contributed by atoms with E-state index in [1.807, 2.05) is 0 Å². The monoisotopic (exact) mass is 456 g/mol. The molecule has 0 spiro atoms. The zero-order chi connectivity index (χ0) is 23.9. The Morgan fingerprint density at radius 2 is 1.21 bits per heavy atom. The van der Waals surface area contributed by atoms with Crippen LogP contribution in [0.25, 0.3) is 10.8 Å². The van der Waals surface area contributed by atoms with E-state index in [0.29, 0.717) is 17.5 Å². The minimum atomic E-state index is -0.656. The van der Waals surface area contributed by atoms with Crippen molar-refractivity contribution in [1.82, 2.24) is 0 Å². The fourth-order valence-corrected chi connectivity index (χ4v) is 4.06. The standard InChI is InChI=1S/C31H27F3/c1-2-3-4-5-22-6-8-23(9-7-22)10-11-25-19-30(33)29(31(34)20-25)17-13-24-12-14-27-21-28(32)16-15-26(27)18-24/h6-9,12,14-16,18-21H,2-5,10-11H2,1H3. The van der Waals surface area contributed by atoms with Crippen LogP contribution in [-0.2, 0) is 19.3 Å². The Labute approximate surface area is 199 Å². The minimum Gasteiger partial charge on any atom is -0.207 e. The fourth-order valence-electron chi connectivity index (χ4n) is 4.06. The van der Waals surface area contributed by atoms with Gasteiger partial charge in [0.05, 0.1) is 5.56 Å². The normalized spacial score (nSPS) is 10.8. The van der Waals surface area contributed by atoms with Gasteiger partial charge in [-0.15, -0.1) is 0 Å². The number of hydrogen-bond acceptors (Lipinski definition) is 0. The smallest absolute Gasteiger partial charge is 0.142 e. The van der Waals surface area contributed by atoms with Gasteiger partial charge in [-0.1, -0.05) is 68.0 Å². The van der Waals surface area contributed by atoms with Crippen LogP contribution in [0.5, 0.6) is 0 Å². The molecule has 0 nitrogen and oxygen atoms in total. The predicted molar refractivity (Wildman–Crippen MR) is 133 cm³/mol. The zero-order valence-electron chi connectivity index (χ0n) is 19.3. The first-order valence-corrected chi connectivity index (χ1v) is 11.8. The molecule has 0 amide bonds. The molecule has 0 aliphatic carbocycles. The maximum Gasteiger partial charge on any atom is 0.142 e. The third-order valence-corrected chi connectivity index (χ3v) is 6.03. The summed E-state index contributed by atoms with van der Waals surface area (Å²) in [4.78, 5) is 0. The molecule has 0 heterocycles. The molecule has 0 N–H and O–H groups in total. The van der Waals surface area contributed by atoms with Crippen LogP contribution in [0.2, 0.25) is 0 Å². The lowest BCUT2D eigenvalue weighted by molar-refractivity contribution is 0.573. The van der Waals surface area contributed by atoms with Gasteiger partial charge in [0, 0.05) is 5.56 Å². The van der Waals surface area contributed by atoms with E-state index in [9.17, 15) is 13.2 Å². The van der Waals surface area contributed by atoms with E-state index in [2.05, 4.69) is 43.0 Å². The van der Waals surface area contributed by atoms with Crippen LogP contribution in [0.1, 0.15) is 54.0 Å². The van der Waals surface area contributed by atoms with E-state index >= 15 is 0 Å². The molecule has 0 radical (unpaired) electrons. The molecular weight excluding hydrogens is 429 g/mol. The number of fused-ring (bicyclic) bond motifs is 1. The van der Waals surface area contributed by atoms with Crippen molar-refractivity contribution >= 4 is 10.8 Å². The average Bonchev–Trinajstić information content (AvgIpc) is 2.83. The van der Waals surface area contributed by atoms with Gasteiger partial charge >= 0.3 is 0 Å². The molecule has 0 saturated carbocycles. The van der Waals surface area contributed by atoms with Crippen molar-refractivity contribution in [2.75, 3.05) is 0 Å². The Morgan fingerprint density at radius 3 is 1.91 bits per heavy atom. The third kappa shape index (κ3) is 6.08. The van der Waals surface area contributed by atoms with Gasteiger partial charge in [0.2, 0.25) is 0 Å². The van der Waals surface area contributed by atoms with Crippen molar-refractivity contribution in [3.63, 3.8) is 0 Å². The Kier molecular flexibility index (Phi) is 7.70. The molecule has 0 fully saturated rings. The first kappa shape index (κ1) is 23.6. The molecule has 0 saturated heterocycles. The van der Waals surface area contributed by atoms with Crippen molar-refractivity contribution in [3.05, 3.63) is 118 Å². The van der Waals surface area contributed by atoms with Crippen LogP contribution in [0.4, 0.5) is 13.2 Å². The largest absolute Gasteiger partial charge is 0.207 e. The van der Waals surface area contributed by atoms with Gasteiger partial charge in [0.1, 0.15) is 17.5 Å². The van der Waals surface area contributed by atoms with Gasteiger partial charge in [-0.25, -0.2) is 13.2 Å². The van der Waals surface area contributed by atoms with Crippen LogP contribution in [0, 0.1) is 29.3 Å². The van der Waals surface area contributed by atoms with E-state index in [1.165, 1.54) is 49.1 Å². The molecule has 0 bridgehead atoms. The van der Waals surface area contributed by atoms with Gasteiger partial charge in [-0.05, 0) is 89.5 Å². The molecule has 34 heavy (non-hydrogen) atoms. The summed E-state index contributed by atoms with van der Waals surface area (Å²) in [5.41, 5.74) is 3.47. The molecule has 4 aromatic rings. The van der Waals surface area contributed by atoms with Gasteiger partial charge in [0.25, 0.3) is 0 Å². The van der Waals surface area contributed by atoms with Crippen LogP contribution in [-0.4, -0.2) is 0 Å². The highest BCUT2D eigenvalue weighted by Crippen LogP contribution is 2.19. The lowest BCUT2D eigenvalue weighted by Gasteiger charge is -2.06. The molecule has 3 heteroatoms. The summed E-state index contributed by atoms with van der Waals surface area (Å²) >= 11 is 0. The number of benzene rings is 4. The maximum absolute atomic E-state index is 14.7. The Hall–Kier alpha value is -3.51. The van der Waals surface area contributed by atoms with Crippen LogP contribution in [0.3, 0.4) is 0 Å². The number of aryl methyl sites for hydroxylation is 3. The van der Waals surface area contributed by atoms with Crippen LogP contribution in [0.15, 0.2) is 72.8 Å². The lowest BCUT2D eigenvalue weighted by Crippen LogP contribution is -1.98. The second-order valence-electron chi connectivity index (χ2n) is 8.66. The molecular formula is C31H27F3. The van der Waals surface area contributed by atoms with E-state index in [-0.39, 0.29) is 11.4 Å². The number of rotatable bonds is 7. The summed E-state index contributed by atoms with van der Waals surface area (Å²) in [6, 6.07) is 21.0. The maximum atomic E-state index is 14.7. The van der Waals surface area contributed by atoms with Gasteiger partial charge in [-0.2, -0.15) is 0 Å². The van der Waals surface area contributed by atoms with Gasteiger partial charge < -0.3 is 0 Å². The highest BCUT2D eigenvalue weighted by Gasteiger charge is 2.10. The summed E-state index contributed by atoms with van der Waals surface area (Å²) in [5.74, 6) is 3.83. The van der Waals surface area contributed by atoms with Crippen molar-refractivity contribution in [1.29, 1.82) is 0 Å². The molecule has 0 aliphatic rings. The molecule has 0 aromatic heterocycles. The Bertz CT molecular complexity index is 1320. The molecule has 0 unspecified atom stereocenters. The third-order valence-electron chi connectivity index (χ3n) is 6.03. The number of hydrogen-bond donors (Lipinski definition) is 0. The van der Waals surface area contributed by atoms with E-state index in [0.717, 1.165) is 29.2 Å². The molecule has 4 aromatic carbocycles. The zero-order valence-corrected chi connectivity index (χ0v) is 19.3. The summed E-state index contributed by atoms with van der Waals surface area (Å²) in [6.45, 7) is 2.20. The van der Waals surface area contributed by atoms with Crippen LogP contribution >= 0.6 is 0 Å². The summed E-state index contributed by atoms with van der Waals surface area (Å²) in [6.07, 6.45) is 6.01. The van der Waals surface area contributed by atoms with E-state index < -0.39 is 11.6 Å². The predicted octanol–water partition coefficient (Wildman–Crippen LogP) is 8.17. The van der Waals surface area contributed by atoms with Crippen molar-refractivity contribution in [3.8, 4) is 11.8 Å². The minimum absolute atomic E-state index is 0.237. The molecule has 172 valence electrons. The van der Waals surface area contributed by atoms with E-state index in [1.54, 1.807) is 24.3 Å². The average molecular weight is 457 g/mol. The fraction of sp³-hybridized carbons (Fsp3) is 0.226. The molecule has 4 rings (SSSR count). The number of unbranched alkanes of at least 4 members (excludes halogenated alkanes) is 2. The van der Waals surface area contributed by atoms with Crippen molar-refractivity contribution in [2.24, 2.45) is 0 Å². The quantitative estimate of drug-likeness (QED) is 0.194. The second kappa shape index (κ2) is 11.1. The van der Waals surface area contributed by atoms with Crippen molar-refractivity contribution in [2.45, 2.75) is 45.4 Å². The lowest BCUT2D eigenvalue weighted by atomic mass is 10.00. The van der Waals surface area contributed by atoms with Gasteiger partial charge in [-0.3, -0.25) is 0 Å². The molecule has 0 atom stereocenters. The van der Waals surface area contributed by atoms with Gasteiger partial charge in [0.15, 0.2) is 0 Å².